The van der Waals surface area contributed by atoms with Gasteiger partial charge in [-0.1, -0.05) is 49.2 Å². The lowest BCUT2D eigenvalue weighted by molar-refractivity contribution is -0.135. The Labute approximate surface area is 263 Å². The number of fused-ring (bicyclic) bond motifs is 2. The molecular formula is C35H42N4O6. The summed E-state index contributed by atoms with van der Waals surface area (Å²) in [5.74, 6) is -0.474. The molecular weight excluding hydrogens is 572 g/mol. The number of piperidine rings is 1. The molecule has 3 aromatic rings. The van der Waals surface area contributed by atoms with Gasteiger partial charge in [0.05, 0.1) is 19.8 Å². The third kappa shape index (κ3) is 6.76. The standard InChI is InChI=1S/C35H42N4O6/c1-44-31-15-7-14-27-26(31)18-29(37-27)35(43)39-19-24-11-5-6-13-25(24)32(39)34(42)38-28(17-23-12-8-16-36-33(23)41)30(40)21-45-20-22-9-3-2-4-10-22/h2-4,7,9-10,14-15,18,23-25,28,32,37H,5-6,8,11-13,16-17,19-21H2,1H3,(H,36,41)(H,38,42)/t23-,24?,25?,28?,32-/m0/s1. The summed E-state index contributed by atoms with van der Waals surface area (Å²) in [5.41, 5.74) is 2.12. The van der Waals surface area contributed by atoms with Crippen molar-refractivity contribution in [2.45, 2.75) is 63.6 Å². The molecule has 0 spiro atoms. The van der Waals surface area contributed by atoms with E-state index in [9.17, 15) is 19.2 Å². The number of ether oxygens (including phenoxy) is 2. The molecule has 10 nitrogen and oxygen atoms in total. The number of rotatable bonds is 11. The van der Waals surface area contributed by atoms with Crippen LogP contribution >= 0.6 is 0 Å². The number of Topliss-reactive ketones (excluding diaryl/α,β-unsaturated/α-hetero) is 1. The fraction of sp³-hybridized carbons (Fsp3) is 0.486. The van der Waals surface area contributed by atoms with Crippen LogP contribution in [-0.2, 0) is 25.7 Å². The van der Waals surface area contributed by atoms with Crippen molar-refractivity contribution in [1.29, 1.82) is 0 Å². The molecule has 2 aromatic carbocycles. The largest absolute Gasteiger partial charge is 0.496 e. The third-order valence-electron chi connectivity index (χ3n) is 9.72. The highest BCUT2D eigenvalue weighted by molar-refractivity contribution is 6.02. The maximum Gasteiger partial charge on any atom is 0.271 e. The quantitative estimate of drug-likeness (QED) is 0.300. The number of methoxy groups -OCH3 is 1. The summed E-state index contributed by atoms with van der Waals surface area (Å²) in [6.07, 6.45) is 5.53. The van der Waals surface area contributed by atoms with Gasteiger partial charge in [0.1, 0.15) is 24.1 Å². The van der Waals surface area contributed by atoms with Crippen molar-refractivity contribution < 1.29 is 28.7 Å². The zero-order valence-corrected chi connectivity index (χ0v) is 25.8. The SMILES string of the molecule is COc1cccc2[nH]c(C(=O)N3CC4CCCCC4[C@H]3C(=O)NC(C[C@@H]3CCCNC3=O)C(=O)COCc3ccccc3)cc12. The number of carbonyl (C=O) groups excluding carboxylic acids is 4. The van der Waals surface area contributed by atoms with E-state index in [1.807, 2.05) is 48.5 Å². The molecule has 45 heavy (non-hydrogen) atoms. The fourth-order valence-electron chi connectivity index (χ4n) is 7.41. The average Bonchev–Trinajstić information content (AvgIpc) is 3.68. The van der Waals surface area contributed by atoms with Gasteiger partial charge < -0.3 is 30.0 Å². The predicted octanol–water partition coefficient (Wildman–Crippen LogP) is 3.99. The summed E-state index contributed by atoms with van der Waals surface area (Å²) in [6.45, 7) is 1.17. The van der Waals surface area contributed by atoms with Crippen LogP contribution in [-0.4, -0.2) is 72.3 Å². The molecule has 238 valence electrons. The molecule has 1 aliphatic carbocycles. The molecule has 2 saturated heterocycles. The molecule has 3 fully saturated rings. The molecule has 3 unspecified atom stereocenters. The maximum absolute atomic E-state index is 14.2. The Morgan fingerprint density at radius 2 is 1.84 bits per heavy atom. The summed E-state index contributed by atoms with van der Waals surface area (Å²) in [6, 6.07) is 15.3. The fourth-order valence-corrected chi connectivity index (χ4v) is 7.41. The second kappa shape index (κ2) is 13.9. The van der Waals surface area contributed by atoms with Crippen molar-refractivity contribution in [2.24, 2.45) is 17.8 Å². The molecule has 5 atom stereocenters. The molecule has 0 bridgehead atoms. The second-order valence-electron chi connectivity index (χ2n) is 12.6. The Morgan fingerprint density at radius 3 is 2.64 bits per heavy atom. The number of H-pyrrole nitrogens is 1. The maximum atomic E-state index is 14.2. The summed E-state index contributed by atoms with van der Waals surface area (Å²) >= 11 is 0. The van der Waals surface area contributed by atoms with Gasteiger partial charge in [-0.3, -0.25) is 19.2 Å². The van der Waals surface area contributed by atoms with Crippen LogP contribution in [0.5, 0.6) is 5.75 Å². The van der Waals surface area contributed by atoms with Gasteiger partial charge >= 0.3 is 0 Å². The minimum atomic E-state index is -0.904. The highest BCUT2D eigenvalue weighted by Crippen LogP contribution is 2.41. The van der Waals surface area contributed by atoms with E-state index in [2.05, 4.69) is 15.6 Å². The van der Waals surface area contributed by atoms with Gasteiger partial charge in [-0.25, -0.2) is 0 Å². The lowest BCUT2D eigenvalue weighted by Gasteiger charge is -2.32. The minimum Gasteiger partial charge on any atom is -0.496 e. The normalized spacial score (nSPS) is 23.7. The van der Waals surface area contributed by atoms with Crippen molar-refractivity contribution in [3.8, 4) is 5.75 Å². The number of likely N-dealkylation sites (tertiary alicyclic amines) is 1. The summed E-state index contributed by atoms with van der Waals surface area (Å²) in [7, 11) is 1.59. The first-order valence-electron chi connectivity index (χ1n) is 16.1. The van der Waals surface area contributed by atoms with Gasteiger partial charge in [0.2, 0.25) is 11.8 Å². The molecule has 3 heterocycles. The number of aromatic amines is 1. The smallest absolute Gasteiger partial charge is 0.271 e. The van der Waals surface area contributed by atoms with Crippen LogP contribution in [0.25, 0.3) is 10.9 Å². The number of nitrogens with zero attached hydrogens (tertiary/aromatic N) is 1. The molecule has 10 heteroatoms. The molecule has 3 N–H and O–H groups in total. The van der Waals surface area contributed by atoms with Crippen LogP contribution in [0.1, 0.15) is 61.0 Å². The Kier molecular flexibility index (Phi) is 9.49. The summed E-state index contributed by atoms with van der Waals surface area (Å²) in [4.78, 5) is 59.4. The van der Waals surface area contributed by atoms with E-state index in [1.54, 1.807) is 18.1 Å². The van der Waals surface area contributed by atoms with Crippen LogP contribution in [0.2, 0.25) is 0 Å². The van der Waals surface area contributed by atoms with Crippen molar-refractivity contribution in [3.63, 3.8) is 0 Å². The van der Waals surface area contributed by atoms with Gasteiger partial charge in [0, 0.05) is 29.9 Å². The first kappa shape index (κ1) is 30.8. The van der Waals surface area contributed by atoms with Gasteiger partial charge in [-0.15, -0.1) is 0 Å². The highest BCUT2D eigenvalue weighted by Gasteiger charge is 2.49. The lowest BCUT2D eigenvalue weighted by Crippen LogP contribution is -2.54. The molecule has 3 amide bonds. The van der Waals surface area contributed by atoms with E-state index in [0.717, 1.165) is 48.6 Å². The zero-order chi connectivity index (χ0) is 31.3. The number of amides is 3. The van der Waals surface area contributed by atoms with Gasteiger partial charge in [-0.2, -0.15) is 0 Å². The minimum absolute atomic E-state index is 0.00433. The number of hydrogen-bond acceptors (Lipinski definition) is 6. The lowest BCUT2D eigenvalue weighted by atomic mass is 9.78. The number of hydrogen-bond donors (Lipinski definition) is 3. The van der Waals surface area contributed by atoms with Gasteiger partial charge in [0.25, 0.3) is 5.91 Å². The Morgan fingerprint density at radius 1 is 1.02 bits per heavy atom. The van der Waals surface area contributed by atoms with Crippen molar-refractivity contribution in [2.75, 3.05) is 26.8 Å². The van der Waals surface area contributed by atoms with Crippen LogP contribution in [0, 0.1) is 17.8 Å². The summed E-state index contributed by atoms with van der Waals surface area (Å²) < 4.78 is 11.2. The highest BCUT2D eigenvalue weighted by atomic mass is 16.5. The van der Waals surface area contributed by atoms with Crippen LogP contribution in [0.4, 0.5) is 0 Å². The first-order chi connectivity index (χ1) is 21.9. The number of benzene rings is 2. The van der Waals surface area contributed by atoms with Crippen LogP contribution < -0.4 is 15.4 Å². The van der Waals surface area contributed by atoms with E-state index >= 15 is 0 Å². The van der Waals surface area contributed by atoms with Crippen LogP contribution in [0.3, 0.4) is 0 Å². The van der Waals surface area contributed by atoms with Crippen LogP contribution in [0.15, 0.2) is 54.6 Å². The molecule has 1 aromatic heterocycles. The molecule has 0 radical (unpaired) electrons. The molecule has 3 aliphatic rings. The average molecular weight is 615 g/mol. The van der Waals surface area contributed by atoms with E-state index in [4.69, 9.17) is 9.47 Å². The molecule has 2 aliphatic heterocycles. The number of aromatic nitrogens is 1. The van der Waals surface area contributed by atoms with Gasteiger partial charge in [0.15, 0.2) is 5.78 Å². The third-order valence-corrected chi connectivity index (χ3v) is 9.72. The van der Waals surface area contributed by atoms with E-state index < -0.39 is 12.1 Å². The second-order valence-corrected chi connectivity index (χ2v) is 12.6. The van der Waals surface area contributed by atoms with E-state index in [-0.39, 0.29) is 60.9 Å². The van der Waals surface area contributed by atoms with Crippen molar-refractivity contribution >= 4 is 34.4 Å². The van der Waals surface area contributed by atoms with E-state index in [0.29, 0.717) is 31.0 Å². The van der Waals surface area contributed by atoms with Crippen molar-refractivity contribution in [3.05, 3.63) is 65.9 Å². The number of ketones is 1. The molecule has 6 rings (SSSR count). The Hall–Kier alpha value is -4.18. The first-order valence-corrected chi connectivity index (χ1v) is 16.1. The molecule has 1 saturated carbocycles. The summed E-state index contributed by atoms with van der Waals surface area (Å²) in [5, 5.41) is 6.70. The Balaban J connectivity index is 1.22. The number of nitrogens with one attached hydrogen (secondary N) is 3. The van der Waals surface area contributed by atoms with Crippen molar-refractivity contribution in [1.82, 2.24) is 20.5 Å². The number of carbonyl (C=O) groups is 4. The zero-order valence-electron chi connectivity index (χ0n) is 25.8. The predicted molar refractivity (Wildman–Crippen MR) is 169 cm³/mol. The monoisotopic (exact) mass is 614 g/mol. The van der Waals surface area contributed by atoms with Gasteiger partial charge in [-0.05, 0) is 67.7 Å². The Bertz CT molecular complexity index is 1540. The van der Waals surface area contributed by atoms with E-state index in [1.165, 1.54) is 0 Å². The topological polar surface area (TPSA) is 130 Å².